The molecule has 8 rings (SSSR count). The number of hydrogen-bond acceptors (Lipinski definition) is 12. The van der Waals surface area contributed by atoms with Gasteiger partial charge < -0.3 is 24.2 Å². The van der Waals surface area contributed by atoms with Crippen LogP contribution in [0.5, 0.6) is 17.4 Å². The van der Waals surface area contributed by atoms with Crippen LogP contribution in [0.3, 0.4) is 0 Å². The minimum atomic E-state index is -1.36. The molecule has 0 radical (unpaired) electrons. The van der Waals surface area contributed by atoms with E-state index in [2.05, 4.69) is 55.4 Å². The van der Waals surface area contributed by atoms with Gasteiger partial charge in [0.25, 0.3) is 0 Å². The van der Waals surface area contributed by atoms with Crippen molar-refractivity contribution >= 4 is 33.1 Å². The van der Waals surface area contributed by atoms with Crippen LogP contribution in [-0.4, -0.2) is 112 Å². The Morgan fingerprint density at radius 1 is 0.968 bits per heavy atom. The molecular formula is C49H50FN7O5S. The summed E-state index contributed by atoms with van der Waals surface area (Å²) in [6.45, 7) is 13.7. The first kappa shape index (κ1) is 43.3. The summed E-state index contributed by atoms with van der Waals surface area (Å²) in [6, 6.07) is 21.6. The van der Waals surface area contributed by atoms with Gasteiger partial charge in [0.2, 0.25) is 12.0 Å². The number of hydrogen-bond donors (Lipinski definition) is 1. The zero-order chi connectivity index (χ0) is 43.9. The Morgan fingerprint density at radius 3 is 2.54 bits per heavy atom. The number of rotatable bonds is 10. The van der Waals surface area contributed by atoms with Gasteiger partial charge in [0, 0.05) is 75.4 Å². The number of piperazine rings is 1. The van der Waals surface area contributed by atoms with Crippen LogP contribution in [0.25, 0.3) is 37.6 Å². The molecule has 1 N–H and O–H groups in total. The number of benzene rings is 3. The van der Waals surface area contributed by atoms with Gasteiger partial charge in [-0.1, -0.05) is 61.2 Å². The lowest BCUT2D eigenvalue weighted by atomic mass is 9.99. The van der Waals surface area contributed by atoms with Crippen molar-refractivity contribution in [1.29, 1.82) is 0 Å². The summed E-state index contributed by atoms with van der Waals surface area (Å²) in [7, 11) is 3.77. The molecule has 2 bridgehead atoms. The summed E-state index contributed by atoms with van der Waals surface area (Å²) in [5, 5.41) is 11.3. The number of carboxylic acid groups (broad SMARTS) is 1. The van der Waals surface area contributed by atoms with Crippen LogP contribution in [0.15, 0.2) is 116 Å². The van der Waals surface area contributed by atoms with Crippen LogP contribution in [-0.2, 0) is 24.4 Å². The Kier molecular flexibility index (Phi) is 13.6. The van der Waals surface area contributed by atoms with E-state index in [1.807, 2.05) is 55.5 Å². The molecule has 3 aromatic heterocycles. The van der Waals surface area contributed by atoms with E-state index in [1.165, 1.54) is 29.8 Å². The molecule has 2 aliphatic rings. The number of methoxy groups -OCH3 is 1. The number of carbonyl (C=O) groups is 1. The second-order valence-electron chi connectivity index (χ2n) is 15.7. The number of ether oxygens (including phenoxy) is 3. The number of allylic oxidation sites excluding steroid dienone is 3. The van der Waals surface area contributed by atoms with E-state index >= 15 is 0 Å². The highest BCUT2D eigenvalue weighted by Gasteiger charge is 2.28. The molecule has 63 heavy (non-hydrogen) atoms. The third kappa shape index (κ3) is 10.3. The predicted molar refractivity (Wildman–Crippen MR) is 245 cm³/mol. The topological polar surface area (TPSA) is 126 Å². The van der Waals surface area contributed by atoms with Crippen LogP contribution in [0.2, 0.25) is 0 Å². The van der Waals surface area contributed by atoms with E-state index in [0.29, 0.717) is 63.0 Å². The van der Waals surface area contributed by atoms with E-state index in [4.69, 9.17) is 19.2 Å². The van der Waals surface area contributed by atoms with Gasteiger partial charge in [-0.2, -0.15) is 0 Å². The number of fused-ring (bicyclic) bond motifs is 2. The second-order valence-corrected chi connectivity index (χ2v) is 16.7. The van der Waals surface area contributed by atoms with Crippen molar-refractivity contribution in [2.75, 3.05) is 60.0 Å². The SMILES string of the molecule is C=C1/C=C\C(=C/C)CN(CCN2CCN(C)CC2)Cc2ccc(OCc3ccnc(-c4ccccc4OC)n3)c(c2)C[C@H](C(=O)O)Oc2ncnc3sc(-c4ccc(F)cc4)c1c23. The highest BCUT2D eigenvalue weighted by molar-refractivity contribution is 7.22. The molecule has 324 valence electrons. The molecule has 1 fully saturated rings. The fraction of sp³-hybridized carbons (Fsp3) is 0.286. The quantitative estimate of drug-likeness (QED) is 0.143. The van der Waals surface area contributed by atoms with Gasteiger partial charge in [0.05, 0.1) is 23.8 Å². The summed E-state index contributed by atoms with van der Waals surface area (Å²) < 4.78 is 32.7. The Bertz CT molecular complexity index is 2660. The predicted octanol–water partition coefficient (Wildman–Crippen LogP) is 8.20. The van der Waals surface area contributed by atoms with E-state index in [-0.39, 0.29) is 24.7 Å². The van der Waals surface area contributed by atoms with Gasteiger partial charge >= 0.3 is 5.97 Å². The molecule has 5 heterocycles. The smallest absolute Gasteiger partial charge is 0.345 e. The zero-order valence-corrected chi connectivity index (χ0v) is 36.5. The van der Waals surface area contributed by atoms with Crippen molar-refractivity contribution in [3.05, 3.63) is 144 Å². The summed E-state index contributed by atoms with van der Waals surface area (Å²) in [4.78, 5) is 40.3. The summed E-state index contributed by atoms with van der Waals surface area (Å²) >= 11 is 1.39. The van der Waals surface area contributed by atoms with Gasteiger partial charge in [-0.15, -0.1) is 11.3 Å². The average molecular weight is 868 g/mol. The molecule has 0 amide bonds. The third-order valence-corrected chi connectivity index (χ3v) is 12.5. The lowest BCUT2D eigenvalue weighted by Crippen LogP contribution is -2.47. The first-order valence-corrected chi connectivity index (χ1v) is 21.8. The van der Waals surface area contributed by atoms with Crippen molar-refractivity contribution in [3.63, 3.8) is 0 Å². The van der Waals surface area contributed by atoms with Gasteiger partial charge in [0.1, 0.15) is 35.1 Å². The number of thiophene rings is 1. The molecule has 12 nitrogen and oxygen atoms in total. The molecule has 0 unspecified atom stereocenters. The van der Waals surface area contributed by atoms with Gasteiger partial charge in [-0.05, 0) is 78.2 Å². The van der Waals surface area contributed by atoms with E-state index < -0.39 is 12.1 Å². The Labute approximate surface area is 370 Å². The fourth-order valence-corrected chi connectivity index (χ4v) is 9.03. The molecule has 14 heteroatoms. The molecule has 0 aliphatic carbocycles. The third-order valence-electron chi connectivity index (χ3n) is 11.4. The monoisotopic (exact) mass is 867 g/mol. The summed E-state index contributed by atoms with van der Waals surface area (Å²) in [5.41, 5.74) is 6.25. The highest BCUT2D eigenvalue weighted by Crippen LogP contribution is 2.45. The van der Waals surface area contributed by atoms with Crippen molar-refractivity contribution in [1.82, 2.24) is 34.6 Å². The van der Waals surface area contributed by atoms with Crippen molar-refractivity contribution < 1.29 is 28.5 Å². The minimum Gasteiger partial charge on any atom is -0.496 e. The van der Waals surface area contributed by atoms with Crippen molar-refractivity contribution in [3.8, 4) is 39.2 Å². The van der Waals surface area contributed by atoms with Crippen LogP contribution >= 0.6 is 11.3 Å². The highest BCUT2D eigenvalue weighted by atomic mass is 32.1. The Balaban J connectivity index is 1.19. The van der Waals surface area contributed by atoms with Crippen LogP contribution < -0.4 is 14.2 Å². The van der Waals surface area contributed by atoms with Crippen molar-refractivity contribution in [2.24, 2.45) is 0 Å². The number of likely N-dealkylation sites (N-methyl/N-ethyl adjacent to an activating group) is 1. The molecule has 0 spiro atoms. The second kappa shape index (κ2) is 19.8. The minimum absolute atomic E-state index is 0.0349. The number of para-hydroxylation sites is 1. The molecule has 1 atom stereocenters. The Hall–Kier alpha value is -6.32. The first-order chi connectivity index (χ1) is 30.6. The van der Waals surface area contributed by atoms with E-state index in [9.17, 15) is 14.3 Å². The normalized spacial score (nSPS) is 18.0. The molecule has 3 aromatic carbocycles. The lowest BCUT2D eigenvalue weighted by Gasteiger charge is -2.34. The van der Waals surface area contributed by atoms with Crippen molar-refractivity contribution in [2.45, 2.75) is 32.6 Å². The lowest BCUT2D eigenvalue weighted by molar-refractivity contribution is -0.145. The van der Waals surface area contributed by atoms with Gasteiger partial charge in [0.15, 0.2) is 5.82 Å². The average Bonchev–Trinajstić information content (AvgIpc) is 3.70. The molecular weight excluding hydrogens is 818 g/mol. The fourth-order valence-electron chi connectivity index (χ4n) is 7.86. The molecule has 0 saturated carbocycles. The number of halogens is 1. The van der Waals surface area contributed by atoms with Crippen LogP contribution in [0.1, 0.15) is 29.3 Å². The number of nitrogens with zero attached hydrogens (tertiary/aromatic N) is 7. The maximum atomic E-state index is 14.2. The summed E-state index contributed by atoms with van der Waals surface area (Å²) in [6.07, 6.45) is 7.82. The maximum Gasteiger partial charge on any atom is 0.345 e. The largest absolute Gasteiger partial charge is 0.496 e. The molecule has 2 aliphatic heterocycles. The first-order valence-electron chi connectivity index (χ1n) is 20.9. The molecule has 1 saturated heterocycles. The maximum absolute atomic E-state index is 14.2. The Morgan fingerprint density at radius 2 is 1.76 bits per heavy atom. The van der Waals surface area contributed by atoms with E-state index in [0.717, 1.165) is 66.4 Å². The van der Waals surface area contributed by atoms with Gasteiger partial charge in [-0.25, -0.2) is 29.1 Å². The number of carboxylic acids is 1. The molecule has 6 aromatic rings. The van der Waals surface area contributed by atoms with Crippen LogP contribution in [0, 0.1) is 5.82 Å². The number of aromatic nitrogens is 4. The zero-order valence-electron chi connectivity index (χ0n) is 35.7. The standard InChI is InChI=1S/C49H50FN7O5S/c1-5-33-11-10-32(2)43-44-47(52-31-53-48(44)63-45(43)35-13-15-37(50)16-14-35)62-42(49(58)59)27-36-26-34(29-57(28-33)25-24-56-22-20-55(3)21-23-56)12-17-40(36)61-30-38-18-19-51-46(54-38)39-8-6-7-9-41(39)60-4/h5-19,26,31,42H,2,20-25,27-30H2,1,3-4H3,(H,58,59)/b11-10-,33-5+/t42-/m1/s1. The van der Waals surface area contributed by atoms with Crippen LogP contribution in [0.4, 0.5) is 4.39 Å². The summed E-state index contributed by atoms with van der Waals surface area (Å²) in [5.74, 6) is 0.241. The van der Waals surface area contributed by atoms with E-state index in [1.54, 1.807) is 31.5 Å². The van der Waals surface area contributed by atoms with Gasteiger partial charge in [-0.3, -0.25) is 9.80 Å². The number of aliphatic carboxylic acids is 1.